The molecule has 2 aliphatic carbocycles. The Kier molecular flexibility index (Phi) is 6.76. The Morgan fingerprint density at radius 1 is 1.10 bits per heavy atom. The van der Waals surface area contributed by atoms with Crippen LogP contribution in [0, 0.1) is 11.8 Å². The van der Waals surface area contributed by atoms with E-state index in [-0.39, 0.29) is 42.2 Å². The third kappa shape index (κ3) is 4.63. The van der Waals surface area contributed by atoms with Crippen LogP contribution in [0.1, 0.15) is 45.4 Å². The first-order valence-corrected chi connectivity index (χ1v) is 7.39. The number of carbonyl (C=O) groups excluding carboxylic acids is 2. The van der Waals surface area contributed by atoms with Crippen molar-refractivity contribution in [3.05, 3.63) is 0 Å². The van der Waals surface area contributed by atoms with E-state index >= 15 is 0 Å². The van der Waals surface area contributed by atoms with Crippen molar-refractivity contribution >= 4 is 24.2 Å². The Labute approximate surface area is 126 Å². The van der Waals surface area contributed by atoms with Gasteiger partial charge in [-0.3, -0.25) is 9.59 Å². The summed E-state index contributed by atoms with van der Waals surface area (Å²) >= 11 is 0. The second kappa shape index (κ2) is 7.84. The second-order valence-electron chi connectivity index (χ2n) is 5.91. The molecular formula is C14H26ClN3O2. The number of amides is 2. The van der Waals surface area contributed by atoms with Crippen molar-refractivity contribution in [1.29, 1.82) is 0 Å². The van der Waals surface area contributed by atoms with E-state index in [1.54, 1.807) is 0 Å². The van der Waals surface area contributed by atoms with Gasteiger partial charge in [-0.1, -0.05) is 12.8 Å². The molecule has 5 nitrogen and oxygen atoms in total. The predicted molar refractivity (Wildman–Crippen MR) is 80.5 cm³/mol. The highest BCUT2D eigenvalue weighted by molar-refractivity contribution is 5.87. The predicted octanol–water partition coefficient (Wildman–Crippen LogP) is 0.957. The lowest BCUT2D eigenvalue weighted by atomic mass is 9.96. The van der Waals surface area contributed by atoms with Crippen molar-refractivity contribution in [2.24, 2.45) is 17.6 Å². The summed E-state index contributed by atoms with van der Waals surface area (Å²) in [5.41, 5.74) is 5.71. The molecule has 2 saturated carbocycles. The van der Waals surface area contributed by atoms with Gasteiger partial charge in [-0.2, -0.15) is 0 Å². The van der Waals surface area contributed by atoms with Gasteiger partial charge in [0.1, 0.15) is 6.04 Å². The molecule has 0 aliphatic heterocycles. The lowest BCUT2D eigenvalue weighted by Crippen LogP contribution is -2.54. The van der Waals surface area contributed by atoms with Crippen LogP contribution in [0.25, 0.3) is 0 Å². The third-order valence-electron chi connectivity index (χ3n) is 4.29. The quantitative estimate of drug-likeness (QED) is 0.683. The zero-order chi connectivity index (χ0) is 13.8. The van der Waals surface area contributed by atoms with Crippen molar-refractivity contribution in [1.82, 2.24) is 10.6 Å². The van der Waals surface area contributed by atoms with Gasteiger partial charge in [0.25, 0.3) is 0 Å². The van der Waals surface area contributed by atoms with E-state index in [0.717, 1.165) is 38.5 Å². The smallest absolute Gasteiger partial charge is 0.243 e. The lowest BCUT2D eigenvalue weighted by Gasteiger charge is -2.26. The number of hydrogen-bond acceptors (Lipinski definition) is 3. The Morgan fingerprint density at radius 3 is 2.15 bits per heavy atom. The zero-order valence-corrected chi connectivity index (χ0v) is 12.9. The molecule has 2 aliphatic rings. The molecule has 0 spiro atoms. The molecule has 20 heavy (non-hydrogen) atoms. The lowest BCUT2D eigenvalue weighted by molar-refractivity contribution is -0.130. The summed E-state index contributed by atoms with van der Waals surface area (Å²) in [6, 6.07) is -0.307. The van der Waals surface area contributed by atoms with Crippen molar-refractivity contribution in [3.63, 3.8) is 0 Å². The van der Waals surface area contributed by atoms with Crippen LogP contribution in [-0.2, 0) is 9.59 Å². The highest BCUT2D eigenvalue weighted by Crippen LogP contribution is 2.33. The molecule has 2 amide bonds. The molecule has 2 rings (SSSR count). The largest absolute Gasteiger partial charge is 0.350 e. The normalized spacial score (nSPS) is 21.7. The summed E-state index contributed by atoms with van der Waals surface area (Å²) in [7, 11) is 0. The molecule has 2 unspecified atom stereocenters. The number of halogens is 1. The molecule has 2 atom stereocenters. The van der Waals surface area contributed by atoms with Gasteiger partial charge in [0, 0.05) is 19.5 Å². The van der Waals surface area contributed by atoms with Crippen LogP contribution in [-0.4, -0.2) is 30.4 Å². The van der Waals surface area contributed by atoms with Crippen LogP contribution < -0.4 is 16.4 Å². The number of rotatable bonds is 6. The molecule has 0 saturated heterocycles. The average molecular weight is 304 g/mol. The number of carbonyl (C=O) groups is 2. The summed E-state index contributed by atoms with van der Waals surface area (Å²) in [4.78, 5) is 23.7. The second-order valence-corrected chi connectivity index (χ2v) is 5.91. The fourth-order valence-electron chi connectivity index (χ4n) is 3.05. The fraction of sp³-hybridized carbons (Fsp3) is 0.857. The van der Waals surface area contributed by atoms with Crippen LogP contribution in [0.5, 0.6) is 0 Å². The molecule has 6 heteroatoms. The summed E-state index contributed by atoms with van der Waals surface area (Å²) < 4.78 is 0. The average Bonchev–Trinajstić information content (AvgIpc) is 3.07. The van der Waals surface area contributed by atoms with Crippen molar-refractivity contribution < 1.29 is 9.59 Å². The number of nitrogens with two attached hydrogens (primary N) is 1. The van der Waals surface area contributed by atoms with Crippen LogP contribution >= 0.6 is 12.4 Å². The van der Waals surface area contributed by atoms with E-state index in [1.807, 2.05) is 0 Å². The van der Waals surface area contributed by atoms with Crippen molar-refractivity contribution in [3.8, 4) is 0 Å². The molecule has 0 radical (unpaired) electrons. The van der Waals surface area contributed by atoms with E-state index in [9.17, 15) is 9.59 Å². The summed E-state index contributed by atoms with van der Waals surface area (Å²) in [6.45, 7) is 1.95. The van der Waals surface area contributed by atoms with E-state index in [0.29, 0.717) is 12.5 Å². The minimum atomic E-state index is -0.382. The Morgan fingerprint density at radius 2 is 1.70 bits per heavy atom. The van der Waals surface area contributed by atoms with E-state index in [2.05, 4.69) is 10.6 Å². The Balaban J connectivity index is 0.00000200. The molecule has 0 aromatic carbocycles. The Hall–Kier alpha value is -0.810. The van der Waals surface area contributed by atoms with E-state index in [1.165, 1.54) is 6.92 Å². The summed E-state index contributed by atoms with van der Waals surface area (Å²) in [5.74, 6) is 0.629. The van der Waals surface area contributed by atoms with Gasteiger partial charge in [0.15, 0.2) is 0 Å². The molecule has 0 aromatic heterocycles. The first kappa shape index (κ1) is 17.2. The minimum absolute atomic E-state index is 0. The fourth-order valence-corrected chi connectivity index (χ4v) is 3.05. The topological polar surface area (TPSA) is 84.2 Å². The van der Waals surface area contributed by atoms with Gasteiger partial charge < -0.3 is 16.4 Å². The van der Waals surface area contributed by atoms with Gasteiger partial charge in [-0.25, -0.2) is 0 Å². The molecular weight excluding hydrogens is 278 g/mol. The maximum absolute atomic E-state index is 12.4. The molecule has 0 aromatic rings. The van der Waals surface area contributed by atoms with Crippen LogP contribution in [0.15, 0.2) is 0 Å². The highest BCUT2D eigenvalue weighted by Gasteiger charge is 2.36. The maximum atomic E-state index is 12.4. The molecule has 2 fully saturated rings. The first-order valence-electron chi connectivity index (χ1n) is 7.39. The molecule has 116 valence electrons. The zero-order valence-electron chi connectivity index (χ0n) is 12.1. The van der Waals surface area contributed by atoms with Crippen LogP contribution in [0.4, 0.5) is 0 Å². The number of hydrogen-bond donors (Lipinski definition) is 3. The Bertz CT molecular complexity index is 341. The monoisotopic (exact) mass is 303 g/mol. The van der Waals surface area contributed by atoms with Gasteiger partial charge in [0.05, 0.1) is 0 Å². The summed E-state index contributed by atoms with van der Waals surface area (Å²) in [6.07, 6.45) is 6.64. The summed E-state index contributed by atoms with van der Waals surface area (Å²) in [5, 5.41) is 5.85. The first-order chi connectivity index (χ1) is 9.11. The van der Waals surface area contributed by atoms with E-state index < -0.39 is 0 Å². The van der Waals surface area contributed by atoms with Gasteiger partial charge in [-0.05, 0) is 37.5 Å². The van der Waals surface area contributed by atoms with Crippen LogP contribution in [0.2, 0.25) is 0 Å². The molecule has 0 heterocycles. The van der Waals surface area contributed by atoms with E-state index in [4.69, 9.17) is 5.73 Å². The SMILES string of the molecule is CC(=O)NC(C(=O)NC(CN)C1CC1)C1CCCC1.Cl. The maximum Gasteiger partial charge on any atom is 0.243 e. The minimum Gasteiger partial charge on any atom is -0.350 e. The van der Waals surface area contributed by atoms with Gasteiger partial charge in [-0.15, -0.1) is 12.4 Å². The molecule has 4 N–H and O–H groups in total. The molecule has 0 bridgehead atoms. The third-order valence-corrected chi connectivity index (χ3v) is 4.29. The highest BCUT2D eigenvalue weighted by atomic mass is 35.5. The number of nitrogens with one attached hydrogen (secondary N) is 2. The van der Waals surface area contributed by atoms with Gasteiger partial charge >= 0.3 is 0 Å². The van der Waals surface area contributed by atoms with Crippen molar-refractivity contribution in [2.45, 2.75) is 57.5 Å². The van der Waals surface area contributed by atoms with Crippen molar-refractivity contribution in [2.75, 3.05) is 6.54 Å². The standard InChI is InChI=1S/C14H25N3O2.ClH/c1-9(18)16-13(11-4-2-3-5-11)14(19)17-12(8-15)10-6-7-10;/h10-13H,2-8,15H2,1H3,(H,16,18)(H,17,19);1H. The van der Waals surface area contributed by atoms with Crippen LogP contribution in [0.3, 0.4) is 0 Å². The van der Waals surface area contributed by atoms with Gasteiger partial charge in [0.2, 0.25) is 11.8 Å².